The van der Waals surface area contributed by atoms with Crippen LogP contribution in [0.2, 0.25) is 0 Å². The number of rotatable bonds is 8. The number of hydrogen-bond donors (Lipinski definition) is 2. The lowest BCUT2D eigenvalue weighted by molar-refractivity contribution is 0.196. The fourth-order valence-corrected chi connectivity index (χ4v) is 2.38. The first-order chi connectivity index (χ1) is 8.60. The number of sulfonamides is 1. The number of hydrogen-bond acceptors (Lipinski definition) is 5. The van der Waals surface area contributed by atoms with E-state index in [1.807, 2.05) is 7.05 Å². The first kappa shape index (κ1) is 15.0. The summed E-state index contributed by atoms with van der Waals surface area (Å²) in [5.74, 6) is 0. The van der Waals surface area contributed by atoms with Gasteiger partial charge in [0, 0.05) is 33.0 Å². The van der Waals surface area contributed by atoms with E-state index >= 15 is 0 Å². The van der Waals surface area contributed by atoms with Crippen molar-refractivity contribution in [3.63, 3.8) is 0 Å². The van der Waals surface area contributed by atoms with Crippen LogP contribution in [0.4, 0.5) is 0 Å². The molecule has 0 unspecified atom stereocenters. The van der Waals surface area contributed by atoms with E-state index in [2.05, 4.69) is 15.0 Å². The smallest absolute Gasteiger partial charge is 0.258 e. The molecule has 0 aliphatic heterocycles. The summed E-state index contributed by atoms with van der Waals surface area (Å²) in [6.07, 6.45) is 2.19. The minimum atomic E-state index is -3.51. The van der Waals surface area contributed by atoms with Gasteiger partial charge in [0.15, 0.2) is 5.03 Å². The Morgan fingerprint density at radius 1 is 1.39 bits per heavy atom. The van der Waals surface area contributed by atoms with Crippen molar-refractivity contribution in [3.05, 3.63) is 23.9 Å². The molecule has 1 heterocycles. The highest BCUT2D eigenvalue weighted by Crippen LogP contribution is 2.06. The molecule has 6 nitrogen and oxygen atoms in total. The van der Waals surface area contributed by atoms with Gasteiger partial charge in [-0.1, -0.05) is 6.07 Å². The van der Waals surface area contributed by atoms with Crippen LogP contribution in [-0.2, 0) is 21.3 Å². The van der Waals surface area contributed by atoms with E-state index < -0.39 is 10.0 Å². The second kappa shape index (κ2) is 7.42. The molecule has 0 aliphatic carbocycles. The first-order valence-corrected chi connectivity index (χ1v) is 7.16. The van der Waals surface area contributed by atoms with Crippen molar-refractivity contribution in [3.8, 4) is 0 Å². The maximum atomic E-state index is 11.8. The molecule has 7 heteroatoms. The molecule has 1 aromatic heterocycles. The van der Waals surface area contributed by atoms with Crippen LogP contribution >= 0.6 is 0 Å². The highest BCUT2D eigenvalue weighted by molar-refractivity contribution is 7.89. The lowest BCUT2D eigenvalue weighted by atomic mass is 10.3. The number of nitrogens with zero attached hydrogens (tertiary/aromatic N) is 1. The molecule has 0 saturated heterocycles. The molecule has 0 saturated carbocycles. The third kappa shape index (κ3) is 4.69. The van der Waals surface area contributed by atoms with E-state index in [0.29, 0.717) is 26.1 Å². The summed E-state index contributed by atoms with van der Waals surface area (Å²) in [5.41, 5.74) is 0.941. The Balaban J connectivity index is 2.61. The maximum Gasteiger partial charge on any atom is 0.258 e. The molecule has 1 aromatic rings. The fraction of sp³-hybridized carbons (Fsp3) is 0.545. The SMILES string of the molecule is CNCc1ccc(S(=O)(=O)NCCCOC)nc1. The average molecular weight is 273 g/mol. The van der Waals surface area contributed by atoms with Gasteiger partial charge >= 0.3 is 0 Å². The zero-order valence-electron chi connectivity index (χ0n) is 10.6. The molecule has 0 bridgehead atoms. The molecule has 0 amide bonds. The number of aromatic nitrogens is 1. The van der Waals surface area contributed by atoms with Crippen LogP contribution in [0.5, 0.6) is 0 Å². The van der Waals surface area contributed by atoms with Crippen molar-refractivity contribution >= 4 is 10.0 Å². The van der Waals surface area contributed by atoms with Gasteiger partial charge in [-0.05, 0) is 25.1 Å². The Bertz CT molecular complexity index is 445. The van der Waals surface area contributed by atoms with Gasteiger partial charge in [0.05, 0.1) is 0 Å². The number of pyridine rings is 1. The summed E-state index contributed by atoms with van der Waals surface area (Å²) >= 11 is 0. The lowest BCUT2D eigenvalue weighted by Gasteiger charge is -2.06. The molecule has 0 spiro atoms. The molecule has 0 aliphatic rings. The number of nitrogens with one attached hydrogen (secondary N) is 2. The molecule has 0 aromatic carbocycles. The van der Waals surface area contributed by atoms with Crippen LogP contribution in [0.25, 0.3) is 0 Å². The zero-order valence-corrected chi connectivity index (χ0v) is 11.5. The number of methoxy groups -OCH3 is 1. The summed E-state index contributed by atoms with van der Waals surface area (Å²) in [6, 6.07) is 3.25. The van der Waals surface area contributed by atoms with Crippen LogP contribution in [0.3, 0.4) is 0 Å². The minimum Gasteiger partial charge on any atom is -0.385 e. The molecule has 0 atom stereocenters. The highest BCUT2D eigenvalue weighted by Gasteiger charge is 2.14. The van der Waals surface area contributed by atoms with Gasteiger partial charge in [0.25, 0.3) is 10.0 Å². The van der Waals surface area contributed by atoms with Crippen molar-refractivity contribution in [2.75, 3.05) is 27.3 Å². The van der Waals surface area contributed by atoms with Gasteiger partial charge < -0.3 is 10.1 Å². The van der Waals surface area contributed by atoms with Crippen LogP contribution in [0.15, 0.2) is 23.4 Å². The van der Waals surface area contributed by atoms with Crippen molar-refractivity contribution < 1.29 is 13.2 Å². The molecule has 2 N–H and O–H groups in total. The Labute approximate surface area is 108 Å². The normalized spacial score (nSPS) is 11.7. The average Bonchev–Trinajstić information content (AvgIpc) is 2.36. The van der Waals surface area contributed by atoms with Crippen molar-refractivity contribution in [1.82, 2.24) is 15.0 Å². The Kier molecular flexibility index (Phi) is 6.20. The van der Waals surface area contributed by atoms with E-state index in [9.17, 15) is 8.42 Å². The van der Waals surface area contributed by atoms with Crippen molar-refractivity contribution in [2.24, 2.45) is 0 Å². The predicted molar refractivity (Wildman–Crippen MR) is 68.7 cm³/mol. The standard InChI is InChI=1S/C11H19N3O3S/c1-12-8-10-4-5-11(13-9-10)18(15,16)14-6-3-7-17-2/h4-5,9,12,14H,3,6-8H2,1-2H3. The van der Waals surface area contributed by atoms with Gasteiger partial charge in [0.2, 0.25) is 0 Å². The summed E-state index contributed by atoms with van der Waals surface area (Å²) in [4.78, 5) is 3.95. The van der Waals surface area contributed by atoms with E-state index in [0.717, 1.165) is 5.56 Å². The van der Waals surface area contributed by atoms with Crippen molar-refractivity contribution in [2.45, 2.75) is 18.0 Å². The minimum absolute atomic E-state index is 0.0415. The summed E-state index contributed by atoms with van der Waals surface area (Å²) < 4.78 is 31.0. The van der Waals surface area contributed by atoms with Gasteiger partial charge in [-0.15, -0.1) is 0 Å². The summed E-state index contributed by atoms with van der Waals surface area (Å²) in [5, 5.41) is 3.01. The summed E-state index contributed by atoms with van der Waals surface area (Å²) in [7, 11) is -0.108. The third-order valence-corrected chi connectivity index (χ3v) is 3.65. The van der Waals surface area contributed by atoms with Gasteiger partial charge in [-0.25, -0.2) is 18.1 Å². The lowest BCUT2D eigenvalue weighted by Crippen LogP contribution is -2.26. The van der Waals surface area contributed by atoms with Crippen LogP contribution in [0.1, 0.15) is 12.0 Å². The first-order valence-electron chi connectivity index (χ1n) is 5.68. The van der Waals surface area contributed by atoms with Gasteiger partial charge in [0.1, 0.15) is 0 Å². The predicted octanol–water partition coefficient (Wildman–Crippen LogP) is 0.116. The van der Waals surface area contributed by atoms with E-state index in [4.69, 9.17) is 4.74 Å². The molecular formula is C11H19N3O3S. The van der Waals surface area contributed by atoms with Gasteiger partial charge in [-0.2, -0.15) is 0 Å². The van der Waals surface area contributed by atoms with Crippen LogP contribution in [0, 0.1) is 0 Å². The quantitative estimate of drug-likeness (QED) is 0.657. The third-order valence-electron chi connectivity index (χ3n) is 2.27. The molecule has 18 heavy (non-hydrogen) atoms. The topological polar surface area (TPSA) is 80.3 Å². The highest BCUT2D eigenvalue weighted by atomic mass is 32.2. The molecular weight excluding hydrogens is 254 g/mol. The Morgan fingerprint density at radius 3 is 2.72 bits per heavy atom. The second-order valence-corrected chi connectivity index (χ2v) is 5.49. The Morgan fingerprint density at radius 2 is 2.17 bits per heavy atom. The fourth-order valence-electron chi connectivity index (χ4n) is 1.38. The van der Waals surface area contributed by atoms with E-state index in [-0.39, 0.29) is 5.03 Å². The Hall–Kier alpha value is -1.02. The van der Waals surface area contributed by atoms with Crippen molar-refractivity contribution in [1.29, 1.82) is 0 Å². The maximum absolute atomic E-state index is 11.8. The molecule has 1 rings (SSSR count). The molecule has 102 valence electrons. The number of ether oxygens (including phenoxy) is 1. The van der Waals surface area contributed by atoms with Crippen LogP contribution < -0.4 is 10.0 Å². The molecule has 0 radical (unpaired) electrons. The molecule has 0 fully saturated rings. The van der Waals surface area contributed by atoms with Gasteiger partial charge in [-0.3, -0.25) is 0 Å². The monoisotopic (exact) mass is 273 g/mol. The van der Waals surface area contributed by atoms with E-state index in [1.54, 1.807) is 19.4 Å². The van der Waals surface area contributed by atoms with Crippen LogP contribution in [-0.4, -0.2) is 40.7 Å². The zero-order chi connectivity index (χ0) is 13.4. The van der Waals surface area contributed by atoms with E-state index in [1.165, 1.54) is 6.07 Å². The largest absolute Gasteiger partial charge is 0.385 e. The second-order valence-electron chi connectivity index (χ2n) is 3.78. The summed E-state index contributed by atoms with van der Waals surface area (Å²) in [6.45, 7) is 1.53.